The van der Waals surface area contributed by atoms with Gasteiger partial charge in [0.25, 0.3) is 0 Å². The number of rotatable bonds is 17. The summed E-state index contributed by atoms with van der Waals surface area (Å²) >= 11 is 0. The van der Waals surface area contributed by atoms with Crippen LogP contribution in [0.4, 0.5) is 4.79 Å². The molecule has 0 aromatic carbocycles. The number of nitrogens with two attached hydrogens (primary N) is 2. The number of ether oxygens (including phenoxy) is 1. The molecular weight excluding hydrogens is 444 g/mol. The maximum absolute atomic E-state index is 11.6. The number of unbranched alkanes of at least 4 members (excludes halogenated alkanes) is 2. The Labute approximate surface area is 204 Å². The Balaban J connectivity index is -0.00000227. The van der Waals surface area contributed by atoms with Gasteiger partial charge in [-0.25, -0.2) is 10.6 Å². The first-order valence-electron chi connectivity index (χ1n) is 11.9. The Morgan fingerprint density at radius 1 is 0.912 bits per heavy atom. The van der Waals surface area contributed by atoms with Crippen LogP contribution in [0.25, 0.3) is 0 Å². The van der Waals surface area contributed by atoms with Gasteiger partial charge in [0, 0.05) is 19.3 Å². The van der Waals surface area contributed by atoms with Crippen LogP contribution in [-0.4, -0.2) is 79.1 Å². The minimum absolute atomic E-state index is 0.124. The van der Waals surface area contributed by atoms with Crippen LogP contribution < -0.4 is 27.5 Å². The first kappa shape index (κ1) is 36.0. The largest absolute Gasteiger partial charge is 0.480 e. The van der Waals surface area contributed by atoms with Crippen molar-refractivity contribution >= 4 is 18.0 Å². The van der Waals surface area contributed by atoms with Crippen LogP contribution in [0.3, 0.4) is 0 Å². The highest BCUT2D eigenvalue weighted by atomic mass is 16.5. The molecule has 0 rings (SSSR count). The second kappa shape index (κ2) is 25.1. The van der Waals surface area contributed by atoms with Crippen molar-refractivity contribution in [3.05, 3.63) is 11.9 Å². The SMILES string of the molecule is CC.CC.CNC(CCCCNC(=O)OC/C(N)=C/N(N)CCCCC(NC)C(=O)O)C(=O)O. The van der Waals surface area contributed by atoms with E-state index in [2.05, 4.69) is 16.0 Å². The Bertz CT molecular complexity index is 562. The summed E-state index contributed by atoms with van der Waals surface area (Å²) in [4.78, 5) is 33.4. The highest BCUT2D eigenvalue weighted by molar-refractivity contribution is 5.73. The Morgan fingerprint density at radius 3 is 1.82 bits per heavy atom. The number of alkyl carbamates (subject to hydrolysis) is 1. The van der Waals surface area contributed by atoms with E-state index >= 15 is 0 Å². The monoisotopic (exact) mass is 492 g/mol. The van der Waals surface area contributed by atoms with Crippen molar-refractivity contribution in [3.8, 4) is 0 Å². The average Bonchev–Trinajstić information content (AvgIpc) is 2.82. The molecule has 0 aliphatic rings. The lowest BCUT2D eigenvalue weighted by atomic mass is 10.1. The predicted octanol–water partition coefficient (Wildman–Crippen LogP) is 1.43. The molecule has 0 aromatic rings. The summed E-state index contributed by atoms with van der Waals surface area (Å²) in [5, 5.41) is 27.2. The molecule has 2 unspecified atom stereocenters. The van der Waals surface area contributed by atoms with Gasteiger partial charge in [-0.2, -0.15) is 0 Å². The summed E-state index contributed by atoms with van der Waals surface area (Å²) in [6, 6.07) is -1.17. The predicted molar refractivity (Wildman–Crippen MR) is 134 cm³/mol. The van der Waals surface area contributed by atoms with E-state index in [1.54, 1.807) is 14.1 Å². The van der Waals surface area contributed by atoms with Crippen molar-refractivity contribution in [2.24, 2.45) is 11.6 Å². The van der Waals surface area contributed by atoms with Crippen LogP contribution >= 0.6 is 0 Å². The maximum Gasteiger partial charge on any atom is 0.407 e. The van der Waals surface area contributed by atoms with E-state index in [1.807, 2.05) is 27.7 Å². The van der Waals surface area contributed by atoms with Crippen LogP contribution in [-0.2, 0) is 14.3 Å². The molecule has 0 radical (unpaired) electrons. The standard InChI is InChI=1S/C18H36N6O6.2C2H6/c1-21-14(16(25)26)7-3-5-9-23-18(29)30-12-13(19)11-24(20)10-6-4-8-15(22-2)17(27)28;2*1-2/h11,14-15,21-22H,3-10,12,19-20H2,1-2H3,(H,23,29)(H,25,26)(H,27,28);2*1-2H3/b13-11-;;. The summed E-state index contributed by atoms with van der Waals surface area (Å²) in [5.74, 6) is 4.02. The van der Waals surface area contributed by atoms with Gasteiger partial charge in [0.1, 0.15) is 18.7 Å². The topological polar surface area (TPSA) is 192 Å². The molecule has 0 heterocycles. The number of hydrogen-bond acceptors (Lipinski definition) is 9. The number of carboxylic acids is 2. The van der Waals surface area contributed by atoms with Crippen LogP contribution in [0, 0.1) is 0 Å². The number of carbonyl (C=O) groups is 3. The highest BCUT2D eigenvalue weighted by Crippen LogP contribution is 2.03. The zero-order valence-electron chi connectivity index (χ0n) is 21.7. The second-order valence-corrected chi connectivity index (χ2v) is 6.80. The highest BCUT2D eigenvalue weighted by Gasteiger charge is 2.14. The number of aliphatic carboxylic acids is 2. The summed E-state index contributed by atoms with van der Waals surface area (Å²) < 4.78 is 4.98. The van der Waals surface area contributed by atoms with E-state index in [9.17, 15) is 14.4 Å². The van der Waals surface area contributed by atoms with Gasteiger partial charge in [0.15, 0.2) is 0 Å². The zero-order chi connectivity index (χ0) is 26.9. The fourth-order valence-electron chi connectivity index (χ4n) is 2.60. The van der Waals surface area contributed by atoms with E-state index < -0.39 is 30.1 Å². The molecule has 0 fully saturated rings. The molecule has 34 heavy (non-hydrogen) atoms. The second-order valence-electron chi connectivity index (χ2n) is 6.80. The third kappa shape index (κ3) is 21.3. The third-order valence-electron chi connectivity index (χ3n) is 4.34. The lowest BCUT2D eigenvalue weighted by Crippen LogP contribution is -2.34. The van der Waals surface area contributed by atoms with Crippen LogP contribution in [0.15, 0.2) is 11.9 Å². The summed E-state index contributed by atoms with van der Waals surface area (Å²) in [5.41, 5.74) is 6.04. The molecule has 202 valence electrons. The third-order valence-corrected chi connectivity index (χ3v) is 4.34. The number of amides is 1. The van der Waals surface area contributed by atoms with Crippen molar-refractivity contribution in [3.63, 3.8) is 0 Å². The Kier molecular flexibility index (Phi) is 26.5. The summed E-state index contributed by atoms with van der Waals surface area (Å²) in [6.45, 7) is 8.72. The average molecular weight is 493 g/mol. The van der Waals surface area contributed by atoms with Gasteiger partial charge in [-0.3, -0.25) is 9.59 Å². The van der Waals surface area contributed by atoms with Gasteiger partial charge in [-0.1, -0.05) is 27.7 Å². The van der Waals surface area contributed by atoms with Crippen LogP contribution in [0.5, 0.6) is 0 Å². The number of nitrogens with zero attached hydrogens (tertiary/aromatic N) is 1. The van der Waals surface area contributed by atoms with Gasteiger partial charge >= 0.3 is 18.0 Å². The molecule has 0 bridgehead atoms. The molecule has 0 aliphatic heterocycles. The van der Waals surface area contributed by atoms with Crippen molar-refractivity contribution in [1.29, 1.82) is 0 Å². The van der Waals surface area contributed by atoms with E-state index in [0.29, 0.717) is 51.6 Å². The van der Waals surface area contributed by atoms with E-state index in [0.717, 1.165) is 0 Å². The molecule has 12 heteroatoms. The fourth-order valence-corrected chi connectivity index (χ4v) is 2.60. The molecule has 0 aromatic heterocycles. The van der Waals surface area contributed by atoms with Crippen molar-refractivity contribution in [1.82, 2.24) is 21.0 Å². The molecule has 1 amide bonds. The number of likely N-dealkylation sites (N-methyl/N-ethyl adjacent to an activating group) is 2. The molecule has 0 spiro atoms. The smallest absolute Gasteiger partial charge is 0.407 e. The van der Waals surface area contributed by atoms with Gasteiger partial charge in [0.05, 0.1) is 5.70 Å². The van der Waals surface area contributed by atoms with Crippen LogP contribution in [0.1, 0.15) is 66.2 Å². The molecule has 0 aliphatic carbocycles. The van der Waals surface area contributed by atoms with Gasteiger partial charge < -0.3 is 41.6 Å². The first-order valence-corrected chi connectivity index (χ1v) is 11.9. The van der Waals surface area contributed by atoms with E-state index in [1.165, 1.54) is 11.2 Å². The maximum atomic E-state index is 11.6. The first-order chi connectivity index (χ1) is 16.2. The number of carbonyl (C=O) groups excluding carboxylic acids is 1. The van der Waals surface area contributed by atoms with Crippen molar-refractivity contribution in [2.75, 3.05) is 33.8 Å². The van der Waals surface area contributed by atoms with E-state index in [4.69, 9.17) is 26.5 Å². The molecule has 0 saturated carbocycles. The molecule has 9 N–H and O–H groups in total. The van der Waals surface area contributed by atoms with Gasteiger partial charge in [-0.15, -0.1) is 0 Å². The summed E-state index contributed by atoms with van der Waals surface area (Å²) in [6.07, 6.45) is 4.44. The minimum atomic E-state index is -0.900. The Morgan fingerprint density at radius 2 is 1.38 bits per heavy atom. The van der Waals surface area contributed by atoms with Crippen molar-refractivity contribution in [2.45, 2.75) is 78.3 Å². The van der Waals surface area contributed by atoms with Crippen molar-refractivity contribution < 1.29 is 29.3 Å². The minimum Gasteiger partial charge on any atom is -0.480 e. The summed E-state index contributed by atoms with van der Waals surface area (Å²) in [7, 11) is 3.19. The quantitative estimate of drug-likeness (QED) is 0.0882. The van der Waals surface area contributed by atoms with Gasteiger partial charge in [0.2, 0.25) is 0 Å². The fraction of sp³-hybridized carbons (Fsp3) is 0.773. The number of nitrogens with one attached hydrogen (secondary N) is 3. The van der Waals surface area contributed by atoms with E-state index in [-0.39, 0.29) is 12.3 Å². The number of hydrazine groups is 1. The Hall–Kier alpha value is -2.57. The van der Waals surface area contributed by atoms with Gasteiger partial charge in [-0.05, 0) is 52.6 Å². The molecular formula is C22H48N6O6. The van der Waals surface area contributed by atoms with Crippen LogP contribution in [0.2, 0.25) is 0 Å². The number of hydrogen-bond donors (Lipinski definition) is 7. The lowest BCUT2D eigenvalue weighted by molar-refractivity contribution is -0.140. The molecule has 0 saturated heterocycles. The number of carboxylic acid groups (broad SMARTS) is 2. The lowest BCUT2D eigenvalue weighted by Gasteiger charge is -2.16. The molecule has 12 nitrogen and oxygen atoms in total. The molecule has 2 atom stereocenters. The normalized spacial score (nSPS) is 12.1. The zero-order valence-corrected chi connectivity index (χ0v) is 21.7.